The largest absolute Gasteiger partial charge is 0.480 e. The number of carboxylic acids is 1. The van der Waals surface area contributed by atoms with E-state index in [4.69, 9.17) is 0 Å². The number of benzene rings is 1. The Morgan fingerprint density at radius 2 is 1.95 bits per heavy atom. The number of aliphatic carboxylic acids is 1. The van der Waals surface area contributed by atoms with E-state index in [9.17, 15) is 9.90 Å². The molecular formula is C18H27NO2. The maximum absolute atomic E-state index is 11.4. The molecule has 1 fully saturated rings. The van der Waals surface area contributed by atoms with Gasteiger partial charge in [-0.15, -0.1) is 0 Å². The van der Waals surface area contributed by atoms with Crippen molar-refractivity contribution in [3.63, 3.8) is 0 Å². The van der Waals surface area contributed by atoms with E-state index >= 15 is 0 Å². The molecule has 0 aliphatic heterocycles. The number of hydrogen-bond acceptors (Lipinski definition) is 2. The summed E-state index contributed by atoms with van der Waals surface area (Å²) in [5, 5.41) is 12.7. The van der Waals surface area contributed by atoms with Gasteiger partial charge in [-0.05, 0) is 37.7 Å². The SMILES string of the molecule is CC(CCC1CCCC1)N[C@@H](Cc1ccccc1)C(=O)O. The lowest BCUT2D eigenvalue weighted by molar-refractivity contribution is -0.139. The molecule has 0 heterocycles. The molecule has 1 aliphatic rings. The second-order valence-electron chi connectivity index (χ2n) is 6.38. The van der Waals surface area contributed by atoms with Crippen LogP contribution in [0.3, 0.4) is 0 Å². The Bertz CT molecular complexity index is 426. The van der Waals surface area contributed by atoms with Gasteiger partial charge in [0.15, 0.2) is 0 Å². The van der Waals surface area contributed by atoms with Crippen LogP contribution in [0.1, 0.15) is 51.0 Å². The molecule has 3 nitrogen and oxygen atoms in total. The topological polar surface area (TPSA) is 49.3 Å². The van der Waals surface area contributed by atoms with Crippen molar-refractivity contribution in [2.45, 2.75) is 64.0 Å². The van der Waals surface area contributed by atoms with Gasteiger partial charge < -0.3 is 10.4 Å². The first-order valence-corrected chi connectivity index (χ1v) is 8.18. The fourth-order valence-corrected chi connectivity index (χ4v) is 3.28. The number of rotatable bonds is 8. The third-order valence-corrected chi connectivity index (χ3v) is 4.55. The maximum atomic E-state index is 11.4. The van der Waals surface area contributed by atoms with Gasteiger partial charge >= 0.3 is 5.97 Å². The van der Waals surface area contributed by atoms with E-state index in [0.29, 0.717) is 6.42 Å². The summed E-state index contributed by atoms with van der Waals surface area (Å²) in [6.45, 7) is 2.11. The van der Waals surface area contributed by atoms with Crippen molar-refractivity contribution in [2.75, 3.05) is 0 Å². The number of carbonyl (C=O) groups is 1. The van der Waals surface area contributed by atoms with Crippen LogP contribution in [0.15, 0.2) is 30.3 Å². The van der Waals surface area contributed by atoms with Crippen LogP contribution in [0.5, 0.6) is 0 Å². The molecule has 2 atom stereocenters. The standard InChI is InChI=1S/C18H27NO2/c1-14(11-12-15-7-5-6-8-15)19-17(18(20)21)13-16-9-3-2-4-10-16/h2-4,9-10,14-15,17,19H,5-8,11-13H2,1H3,(H,20,21)/t14?,17-/m0/s1. The molecule has 0 bridgehead atoms. The first-order chi connectivity index (χ1) is 10.1. The summed E-state index contributed by atoms with van der Waals surface area (Å²) in [6.07, 6.45) is 8.31. The Hall–Kier alpha value is -1.35. The Balaban J connectivity index is 1.79. The molecule has 1 aromatic carbocycles. The van der Waals surface area contributed by atoms with Crippen molar-refractivity contribution in [3.05, 3.63) is 35.9 Å². The van der Waals surface area contributed by atoms with Gasteiger partial charge in [-0.25, -0.2) is 0 Å². The van der Waals surface area contributed by atoms with Crippen molar-refractivity contribution in [3.8, 4) is 0 Å². The lowest BCUT2D eigenvalue weighted by Gasteiger charge is -2.21. The minimum absolute atomic E-state index is 0.260. The van der Waals surface area contributed by atoms with Crippen molar-refractivity contribution in [1.29, 1.82) is 0 Å². The molecule has 0 saturated heterocycles. The summed E-state index contributed by atoms with van der Waals surface area (Å²) in [7, 11) is 0. The fraction of sp³-hybridized carbons (Fsp3) is 0.611. The summed E-state index contributed by atoms with van der Waals surface area (Å²) in [6, 6.07) is 9.61. The van der Waals surface area contributed by atoms with Crippen LogP contribution in [-0.2, 0) is 11.2 Å². The van der Waals surface area contributed by atoms with Crippen molar-refractivity contribution in [1.82, 2.24) is 5.32 Å². The summed E-state index contributed by atoms with van der Waals surface area (Å²) in [5.41, 5.74) is 1.07. The van der Waals surface area contributed by atoms with Gasteiger partial charge in [-0.3, -0.25) is 4.79 Å². The van der Waals surface area contributed by atoms with E-state index in [1.165, 1.54) is 32.1 Å². The fourth-order valence-electron chi connectivity index (χ4n) is 3.28. The molecule has 0 amide bonds. The zero-order chi connectivity index (χ0) is 15.1. The second-order valence-corrected chi connectivity index (χ2v) is 6.38. The minimum atomic E-state index is -0.758. The molecule has 1 saturated carbocycles. The van der Waals surface area contributed by atoms with Crippen LogP contribution in [0.2, 0.25) is 0 Å². The van der Waals surface area contributed by atoms with E-state index in [1.807, 2.05) is 30.3 Å². The van der Waals surface area contributed by atoms with Gasteiger partial charge in [0.05, 0.1) is 0 Å². The van der Waals surface area contributed by atoms with E-state index in [2.05, 4.69) is 12.2 Å². The predicted molar refractivity (Wildman–Crippen MR) is 85.4 cm³/mol. The Morgan fingerprint density at radius 1 is 1.29 bits per heavy atom. The van der Waals surface area contributed by atoms with Gasteiger partial charge in [-0.1, -0.05) is 56.0 Å². The van der Waals surface area contributed by atoms with Crippen molar-refractivity contribution < 1.29 is 9.90 Å². The van der Waals surface area contributed by atoms with Crippen LogP contribution >= 0.6 is 0 Å². The Kier molecular flexibility index (Phi) is 6.24. The number of carboxylic acid groups (broad SMARTS) is 1. The first-order valence-electron chi connectivity index (χ1n) is 8.18. The molecule has 1 aromatic rings. The molecule has 0 radical (unpaired) electrons. The van der Waals surface area contributed by atoms with Crippen LogP contribution in [0.4, 0.5) is 0 Å². The zero-order valence-electron chi connectivity index (χ0n) is 12.9. The third-order valence-electron chi connectivity index (χ3n) is 4.55. The lowest BCUT2D eigenvalue weighted by atomic mass is 9.98. The molecule has 1 unspecified atom stereocenters. The molecule has 0 aromatic heterocycles. The van der Waals surface area contributed by atoms with E-state index < -0.39 is 12.0 Å². The number of nitrogens with one attached hydrogen (secondary N) is 1. The van der Waals surface area contributed by atoms with Gasteiger partial charge in [0, 0.05) is 6.04 Å². The molecule has 0 spiro atoms. The highest BCUT2D eigenvalue weighted by atomic mass is 16.4. The highest BCUT2D eigenvalue weighted by molar-refractivity contribution is 5.74. The second kappa shape index (κ2) is 8.18. The Labute approximate surface area is 127 Å². The molecule has 2 N–H and O–H groups in total. The monoisotopic (exact) mass is 289 g/mol. The molecular weight excluding hydrogens is 262 g/mol. The highest BCUT2D eigenvalue weighted by Gasteiger charge is 2.21. The van der Waals surface area contributed by atoms with Gasteiger partial charge in [0.25, 0.3) is 0 Å². The van der Waals surface area contributed by atoms with Crippen LogP contribution in [0.25, 0.3) is 0 Å². The average Bonchev–Trinajstić information content (AvgIpc) is 2.99. The average molecular weight is 289 g/mol. The molecule has 1 aliphatic carbocycles. The maximum Gasteiger partial charge on any atom is 0.321 e. The number of hydrogen-bond donors (Lipinski definition) is 2. The summed E-state index contributed by atoms with van der Waals surface area (Å²) in [4.78, 5) is 11.4. The van der Waals surface area contributed by atoms with Crippen LogP contribution in [-0.4, -0.2) is 23.2 Å². The smallest absolute Gasteiger partial charge is 0.321 e. The molecule has 21 heavy (non-hydrogen) atoms. The predicted octanol–water partition coefficient (Wildman–Crippen LogP) is 3.63. The molecule has 3 heteroatoms. The lowest BCUT2D eigenvalue weighted by Crippen LogP contribution is -2.43. The van der Waals surface area contributed by atoms with Gasteiger partial charge in [0.1, 0.15) is 6.04 Å². The van der Waals surface area contributed by atoms with E-state index in [-0.39, 0.29) is 6.04 Å². The summed E-state index contributed by atoms with van der Waals surface area (Å²) in [5.74, 6) is 0.109. The van der Waals surface area contributed by atoms with E-state index in [0.717, 1.165) is 17.9 Å². The van der Waals surface area contributed by atoms with Crippen LogP contribution < -0.4 is 5.32 Å². The van der Waals surface area contributed by atoms with E-state index in [1.54, 1.807) is 0 Å². The quantitative estimate of drug-likeness (QED) is 0.768. The van der Waals surface area contributed by atoms with Gasteiger partial charge in [0.2, 0.25) is 0 Å². The summed E-state index contributed by atoms with van der Waals surface area (Å²) < 4.78 is 0. The molecule has 2 rings (SSSR count). The summed E-state index contributed by atoms with van der Waals surface area (Å²) >= 11 is 0. The highest BCUT2D eigenvalue weighted by Crippen LogP contribution is 2.28. The van der Waals surface area contributed by atoms with Crippen LogP contribution in [0, 0.1) is 5.92 Å². The van der Waals surface area contributed by atoms with Crippen molar-refractivity contribution >= 4 is 5.97 Å². The zero-order valence-corrected chi connectivity index (χ0v) is 12.9. The normalized spacial score (nSPS) is 18.5. The first kappa shape index (κ1) is 16.0. The third kappa shape index (κ3) is 5.50. The van der Waals surface area contributed by atoms with Crippen molar-refractivity contribution in [2.24, 2.45) is 5.92 Å². The minimum Gasteiger partial charge on any atom is -0.480 e. The molecule has 116 valence electrons. The van der Waals surface area contributed by atoms with Gasteiger partial charge in [-0.2, -0.15) is 0 Å². The Morgan fingerprint density at radius 3 is 2.57 bits per heavy atom.